The molecule has 23 heavy (non-hydrogen) atoms. The van der Waals surface area contributed by atoms with Crippen LogP contribution in [0, 0.1) is 0 Å². The molecule has 0 aromatic heterocycles. The Morgan fingerprint density at radius 3 is 2.43 bits per heavy atom. The van der Waals surface area contributed by atoms with E-state index in [9.17, 15) is 4.79 Å². The zero-order chi connectivity index (χ0) is 16.5. The third-order valence-electron chi connectivity index (χ3n) is 3.01. The van der Waals surface area contributed by atoms with Crippen molar-refractivity contribution < 1.29 is 19.0 Å². The van der Waals surface area contributed by atoms with E-state index in [1.807, 2.05) is 54.6 Å². The first kappa shape index (κ1) is 16.8. The molecule has 4 nitrogen and oxygen atoms in total. The Morgan fingerprint density at radius 2 is 1.70 bits per heavy atom. The van der Waals surface area contributed by atoms with Gasteiger partial charge in [0.2, 0.25) is 0 Å². The first-order valence-electron chi connectivity index (χ1n) is 7.38. The van der Waals surface area contributed by atoms with Gasteiger partial charge in [0.05, 0.1) is 13.2 Å². The van der Waals surface area contributed by atoms with Gasteiger partial charge in [-0.3, -0.25) is 0 Å². The highest BCUT2D eigenvalue weighted by Crippen LogP contribution is 2.25. The van der Waals surface area contributed by atoms with Gasteiger partial charge < -0.3 is 14.2 Å². The summed E-state index contributed by atoms with van der Waals surface area (Å²) in [5.41, 5.74) is 1.31. The van der Waals surface area contributed by atoms with Crippen LogP contribution < -0.4 is 4.74 Å². The van der Waals surface area contributed by atoms with Gasteiger partial charge in [0.1, 0.15) is 18.1 Å². The molecule has 0 amide bonds. The largest absolute Gasteiger partial charge is 0.460 e. The molecule has 2 aromatic rings. The second-order valence-corrected chi connectivity index (χ2v) is 4.99. The minimum atomic E-state index is -0.401. The zero-order valence-electron chi connectivity index (χ0n) is 13.2. The Kier molecular flexibility index (Phi) is 6.39. The predicted octanol–water partition coefficient (Wildman–Crippen LogP) is 4.11. The summed E-state index contributed by atoms with van der Waals surface area (Å²) < 4.78 is 16.4. The van der Waals surface area contributed by atoms with Crippen molar-refractivity contribution in [3.63, 3.8) is 0 Å². The SMILES string of the molecule is C=C(C)C(=O)OCCOCc1ccccc1Oc1ccccc1. The molecule has 0 aliphatic rings. The smallest absolute Gasteiger partial charge is 0.333 e. The Bertz CT molecular complexity index is 649. The average molecular weight is 312 g/mol. The lowest BCUT2D eigenvalue weighted by Crippen LogP contribution is -2.11. The molecular formula is C19H20O4. The summed E-state index contributed by atoms with van der Waals surface area (Å²) in [6, 6.07) is 17.3. The fourth-order valence-corrected chi connectivity index (χ4v) is 1.84. The number of carbonyl (C=O) groups excluding carboxylic acids is 1. The standard InChI is InChI=1S/C19H20O4/c1-15(2)19(20)22-13-12-21-14-16-8-6-7-11-18(16)23-17-9-4-3-5-10-17/h3-11H,1,12-14H2,2H3. The van der Waals surface area contributed by atoms with Gasteiger partial charge in [-0.2, -0.15) is 0 Å². The van der Waals surface area contributed by atoms with Crippen molar-refractivity contribution in [2.45, 2.75) is 13.5 Å². The van der Waals surface area contributed by atoms with Crippen LogP contribution in [0.1, 0.15) is 12.5 Å². The maximum Gasteiger partial charge on any atom is 0.333 e. The molecule has 0 spiro atoms. The summed E-state index contributed by atoms with van der Waals surface area (Å²) in [5, 5.41) is 0. The first-order chi connectivity index (χ1) is 11.2. The summed E-state index contributed by atoms with van der Waals surface area (Å²) in [6.45, 7) is 6.04. The number of carbonyl (C=O) groups is 1. The fourth-order valence-electron chi connectivity index (χ4n) is 1.84. The van der Waals surface area contributed by atoms with Gasteiger partial charge in [-0.05, 0) is 25.1 Å². The Labute approximate surface area is 136 Å². The molecule has 2 rings (SSSR count). The van der Waals surface area contributed by atoms with E-state index in [1.54, 1.807) is 6.92 Å². The Hall–Kier alpha value is -2.59. The highest BCUT2D eigenvalue weighted by molar-refractivity contribution is 5.86. The van der Waals surface area contributed by atoms with Crippen molar-refractivity contribution in [3.05, 3.63) is 72.3 Å². The maximum atomic E-state index is 11.2. The van der Waals surface area contributed by atoms with Gasteiger partial charge in [-0.15, -0.1) is 0 Å². The molecule has 0 bridgehead atoms. The Morgan fingerprint density at radius 1 is 1.00 bits per heavy atom. The monoisotopic (exact) mass is 312 g/mol. The molecule has 2 aromatic carbocycles. The topological polar surface area (TPSA) is 44.8 Å². The van der Waals surface area contributed by atoms with Crippen molar-refractivity contribution in [3.8, 4) is 11.5 Å². The van der Waals surface area contributed by atoms with Crippen molar-refractivity contribution in [2.75, 3.05) is 13.2 Å². The maximum absolute atomic E-state index is 11.2. The van der Waals surface area contributed by atoms with Gasteiger partial charge in [-0.1, -0.05) is 43.0 Å². The molecule has 0 heterocycles. The van der Waals surface area contributed by atoms with Crippen LogP contribution in [0.15, 0.2) is 66.7 Å². The van der Waals surface area contributed by atoms with Crippen LogP contribution in [-0.4, -0.2) is 19.2 Å². The second kappa shape index (κ2) is 8.76. The number of rotatable bonds is 8. The number of benzene rings is 2. The van der Waals surface area contributed by atoms with E-state index in [1.165, 1.54) is 0 Å². The molecule has 0 saturated carbocycles. The lowest BCUT2D eigenvalue weighted by atomic mass is 10.2. The third-order valence-corrected chi connectivity index (χ3v) is 3.01. The van der Waals surface area contributed by atoms with E-state index in [0.29, 0.717) is 18.8 Å². The summed E-state index contributed by atoms with van der Waals surface area (Å²) in [5.74, 6) is 1.12. The van der Waals surface area contributed by atoms with Gasteiger partial charge in [0, 0.05) is 11.1 Å². The zero-order valence-corrected chi connectivity index (χ0v) is 13.2. The third kappa shape index (κ3) is 5.60. The van der Waals surface area contributed by atoms with E-state index in [0.717, 1.165) is 17.1 Å². The minimum Gasteiger partial charge on any atom is -0.460 e. The van der Waals surface area contributed by atoms with Gasteiger partial charge in [-0.25, -0.2) is 4.79 Å². The number of hydrogen-bond acceptors (Lipinski definition) is 4. The molecule has 0 atom stereocenters. The van der Waals surface area contributed by atoms with E-state index < -0.39 is 5.97 Å². The van der Waals surface area contributed by atoms with Crippen LogP contribution in [0.25, 0.3) is 0 Å². The molecule has 0 aliphatic heterocycles. The highest BCUT2D eigenvalue weighted by atomic mass is 16.6. The Balaban J connectivity index is 1.84. The van der Waals surface area contributed by atoms with Crippen LogP contribution >= 0.6 is 0 Å². The van der Waals surface area contributed by atoms with Crippen molar-refractivity contribution >= 4 is 5.97 Å². The van der Waals surface area contributed by atoms with Crippen molar-refractivity contribution in [1.29, 1.82) is 0 Å². The summed E-state index contributed by atoms with van der Waals surface area (Å²) in [6.07, 6.45) is 0. The van der Waals surface area contributed by atoms with Crippen LogP contribution in [0.4, 0.5) is 0 Å². The summed E-state index contributed by atoms with van der Waals surface area (Å²) >= 11 is 0. The highest BCUT2D eigenvalue weighted by Gasteiger charge is 2.06. The molecule has 0 fully saturated rings. The molecule has 0 radical (unpaired) electrons. The number of esters is 1. The quantitative estimate of drug-likeness (QED) is 0.418. The normalized spacial score (nSPS) is 10.1. The lowest BCUT2D eigenvalue weighted by Gasteiger charge is -2.11. The van der Waals surface area contributed by atoms with Crippen molar-refractivity contribution in [1.82, 2.24) is 0 Å². The molecule has 4 heteroatoms. The van der Waals surface area contributed by atoms with E-state index in [2.05, 4.69) is 6.58 Å². The average Bonchev–Trinajstić information content (AvgIpc) is 2.56. The lowest BCUT2D eigenvalue weighted by molar-refractivity contribution is -0.140. The van der Waals surface area contributed by atoms with Gasteiger partial charge >= 0.3 is 5.97 Å². The molecule has 0 N–H and O–H groups in total. The van der Waals surface area contributed by atoms with Crippen LogP contribution in [0.2, 0.25) is 0 Å². The number of ether oxygens (including phenoxy) is 3. The predicted molar refractivity (Wildman–Crippen MR) is 88.4 cm³/mol. The minimum absolute atomic E-state index is 0.202. The number of para-hydroxylation sites is 2. The van der Waals surface area contributed by atoms with Crippen LogP contribution in [-0.2, 0) is 20.9 Å². The molecule has 0 aliphatic carbocycles. The molecule has 0 saturated heterocycles. The van der Waals surface area contributed by atoms with E-state index in [4.69, 9.17) is 14.2 Å². The fraction of sp³-hybridized carbons (Fsp3) is 0.211. The molecule has 120 valence electrons. The van der Waals surface area contributed by atoms with E-state index >= 15 is 0 Å². The van der Waals surface area contributed by atoms with E-state index in [-0.39, 0.29) is 6.61 Å². The second-order valence-electron chi connectivity index (χ2n) is 4.99. The number of hydrogen-bond donors (Lipinski definition) is 0. The first-order valence-corrected chi connectivity index (χ1v) is 7.38. The summed E-state index contributed by atoms with van der Waals surface area (Å²) in [4.78, 5) is 11.2. The molecular weight excluding hydrogens is 292 g/mol. The van der Waals surface area contributed by atoms with Crippen LogP contribution in [0.5, 0.6) is 11.5 Å². The molecule has 0 unspecified atom stereocenters. The van der Waals surface area contributed by atoms with Crippen LogP contribution in [0.3, 0.4) is 0 Å². The van der Waals surface area contributed by atoms with Gasteiger partial charge in [0.25, 0.3) is 0 Å². The summed E-state index contributed by atoms with van der Waals surface area (Å²) in [7, 11) is 0. The van der Waals surface area contributed by atoms with Gasteiger partial charge in [0.15, 0.2) is 0 Å². The van der Waals surface area contributed by atoms with Crippen molar-refractivity contribution in [2.24, 2.45) is 0 Å².